The van der Waals surface area contributed by atoms with E-state index < -0.39 is 5.97 Å². The summed E-state index contributed by atoms with van der Waals surface area (Å²) in [6, 6.07) is 5.68. The van der Waals surface area contributed by atoms with Gasteiger partial charge in [0.2, 0.25) is 0 Å². The van der Waals surface area contributed by atoms with Crippen molar-refractivity contribution in [3.8, 4) is 0 Å². The molecule has 1 aromatic carbocycles. The van der Waals surface area contributed by atoms with Crippen molar-refractivity contribution in [2.24, 2.45) is 0 Å². The number of aromatic amines is 1. The molecule has 0 radical (unpaired) electrons. The summed E-state index contributed by atoms with van der Waals surface area (Å²) in [5.41, 5.74) is 2.64. The third kappa shape index (κ3) is 1.88. The van der Waals surface area contributed by atoms with Gasteiger partial charge in [-0.3, -0.25) is 0 Å². The molecular formula is C11H10N2O2. The second-order valence-electron chi connectivity index (χ2n) is 3.03. The van der Waals surface area contributed by atoms with Crippen LogP contribution in [0, 0.1) is 0 Å². The lowest BCUT2D eigenvalue weighted by Gasteiger charge is -2.02. The van der Waals surface area contributed by atoms with Crippen molar-refractivity contribution in [3.05, 3.63) is 42.7 Å². The topological polar surface area (TPSA) is 55.0 Å². The number of carbonyl (C=O) groups is 1. The van der Waals surface area contributed by atoms with E-state index in [0.29, 0.717) is 0 Å². The largest absolute Gasteiger partial charge is 0.458 e. The molecule has 1 heterocycles. The SMILES string of the molecule is C=CC(=O)OCc1cccc2[nH]cnc12. The van der Waals surface area contributed by atoms with Crippen molar-refractivity contribution in [2.75, 3.05) is 0 Å². The number of benzene rings is 1. The summed E-state index contributed by atoms with van der Waals surface area (Å²) in [4.78, 5) is 18.0. The van der Waals surface area contributed by atoms with Crippen LogP contribution < -0.4 is 0 Å². The van der Waals surface area contributed by atoms with Gasteiger partial charge in [0.25, 0.3) is 0 Å². The molecule has 0 fully saturated rings. The summed E-state index contributed by atoms with van der Waals surface area (Å²) in [6.45, 7) is 3.54. The van der Waals surface area contributed by atoms with E-state index in [2.05, 4.69) is 16.5 Å². The number of rotatable bonds is 3. The number of esters is 1. The van der Waals surface area contributed by atoms with Gasteiger partial charge in [0.15, 0.2) is 0 Å². The van der Waals surface area contributed by atoms with E-state index in [9.17, 15) is 4.79 Å². The number of hydrogen-bond donors (Lipinski definition) is 1. The van der Waals surface area contributed by atoms with Gasteiger partial charge in [-0.1, -0.05) is 18.7 Å². The third-order valence-electron chi connectivity index (χ3n) is 2.07. The van der Waals surface area contributed by atoms with Gasteiger partial charge in [0.05, 0.1) is 17.4 Å². The first-order valence-electron chi connectivity index (χ1n) is 4.51. The van der Waals surface area contributed by atoms with Crippen LogP contribution in [0.15, 0.2) is 37.2 Å². The van der Waals surface area contributed by atoms with Gasteiger partial charge >= 0.3 is 5.97 Å². The Labute approximate surface area is 86.6 Å². The van der Waals surface area contributed by atoms with Gasteiger partial charge in [-0.05, 0) is 6.07 Å². The van der Waals surface area contributed by atoms with Crippen molar-refractivity contribution in [2.45, 2.75) is 6.61 Å². The molecule has 1 aromatic heterocycles. The lowest BCUT2D eigenvalue weighted by molar-refractivity contribution is -0.138. The van der Waals surface area contributed by atoms with E-state index in [1.807, 2.05) is 18.2 Å². The Bertz CT molecular complexity index is 502. The van der Waals surface area contributed by atoms with E-state index in [4.69, 9.17) is 4.74 Å². The molecular weight excluding hydrogens is 192 g/mol. The Kier molecular flexibility index (Phi) is 2.49. The molecule has 0 saturated carbocycles. The van der Waals surface area contributed by atoms with Crippen LogP contribution in [0.4, 0.5) is 0 Å². The number of imidazole rings is 1. The first-order chi connectivity index (χ1) is 7.31. The molecule has 0 atom stereocenters. The number of aromatic nitrogens is 2. The smallest absolute Gasteiger partial charge is 0.330 e. The quantitative estimate of drug-likeness (QED) is 0.609. The van der Waals surface area contributed by atoms with Crippen molar-refractivity contribution in [1.82, 2.24) is 9.97 Å². The van der Waals surface area contributed by atoms with Crippen LogP contribution in [-0.2, 0) is 16.1 Å². The Morgan fingerprint density at radius 3 is 3.27 bits per heavy atom. The number of nitrogens with one attached hydrogen (secondary N) is 1. The van der Waals surface area contributed by atoms with E-state index in [1.54, 1.807) is 6.33 Å². The average molecular weight is 202 g/mol. The molecule has 4 heteroatoms. The highest BCUT2D eigenvalue weighted by atomic mass is 16.5. The number of para-hydroxylation sites is 1. The minimum Gasteiger partial charge on any atom is -0.458 e. The maximum atomic E-state index is 10.9. The normalized spacial score (nSPS) is 10.1. The molecule has 76 valence electrons. The molecule has 2 aromatic rings. The first kappa shape index (κ1) is 9.45. The summed E-state index contributed by atoms with van der Waals surface area (Å²) in [5, 5.41) is 0. The highest BCUT2D eigenvalue weighted by Gasteiger charge is 2.04. The molecule has 4 nitrogen and oxygen atoms in total. The molecule has 0 bridgehead atoms. The van der Waals surface area contributed by atoms with E-state index in [0.717, 1.165) is 22.7 Å². The molecule has 1 N–H and O–H groups in total. The minimum atomic E-state index is -0.428. The molecule has 0 aliphatic carbocycles. The summed E-state index contributed by atoms with van der Waals surface area (Å²) in [7, 11) is 0. The summed E-state index contributed by atoms with van der Waals surface area (Å²) < 4.78 is 4.94. The predicted octanol–water partition coefficient (Wildman–Crippen LogP) is 1.79. The van der Waals surface area contributed by atoms with Gasteiger partial charge in [-0.25, -0.2) is 9.78 Å². The Morgan fingerprint density at radius 1 is 1.60 bits per heavy atom. The zero-order valence-corrected chi connectivity index (χ0v) is 8.06. The van der Waals surface area contributed by atoms with E-state index in [1.165, 1.54) is 0 Å². The summed E-state index contributed by atoms with van der Waals surface area (Å²) in [5.74, 6) is -0.428. The van der Waals surface area contributed by atoms with Crippen LogP contribution in [0.25, 0.3) is 11.0 Å². The summed E-state index contributed by atoms with van der Waals surface area (Å²) >= 11 is 0. The molecule has 2 rings (SSSR count). The first-order valence-corrected chi connectivity index (χ1v) is 4.51. The van der Waals surface area contributed by atoms with Crippen molar-refractivity contribution < 1.29 is 9.53 Å². The second kappa shape index (κ2) is 3.96. The standard InChI is InChI=1S/C11H10N2O2/c1-2-10(14)15-6-8-4-3-5-9-11(8)13-7-12-9/h2-5,7H,1,6H2,(H,12,13). The van der Waals surface area contributed by atoms with Crippen LogP contribution in [-0.4, -0.2) is 15.9 Å². The number of ether oxygens (including phenoxy) is 1. The lowest BCUT2D eigenvalue weighted by atomic mass is 10.2. The molecule has 0 amide bonds. The number of hydrogen-bond acceptors (Lipinski definition) is 3. The van der Waals surface area contributed by atoms with Gasteiger partial charge in [-0.2, -0.15) is 0 Å². The second-order valence-corrected chi connectivity index (χ2v) is 3.03. The maximum absolute atomic E-state index is 10.9. The van der Waals surface area contributed by atoms with Crippen LogP contribution in [0.2, 0.25) is 0 Å². The maximum Gasteiger partial charge on any atom is 0.330 e. The molecule has 0 spiro atoms. The fourth-order valence-corrected chi connectivity index (χ4v) is 1.35. The number of H-pyrrole nitrogens is 1. The Morgan fingerprint density at radius 2 is 2.47 bits per heavy atom. The van der Waals surface area contributed by atoms with Gasteiger partial charge < -0.3 is 9.72 Å². The van der Waals surface area contributed by atoms with Crippen LogP contribution in [0.5, 0.6) is 0 Å². The highest BCUT2D eigenvalue weighted by molar-refractivity contribution is 5.82. The Balaban J connectivity index is 2.24. The van der Waals surface area contributed by atoms with Crippen molar-refractivity contribution >= 4 is 17.0 Å². The Hall–Kier alpha value is -2.10. The van der Waals surface area contributed by atoms with E-state index >= 15 is 0 Å². The van der Waals surface area contributed by atoms with Gasteiger partial charge in [0.1, 0.15) is 6.61 Å². The van der Waals surface area contributed by atoms with E-state index in [-0.39, 0.29) is 6.61 Å². The van der Waals surface area contributed by atoms with Crippen LogP contribution in [0.1, 0.15) is 5.56 Å². The van der Waals surface area contributed by atoms with Crippen molar-refractivity contribution in [3.63, 3.8) is 0 Å². The number of fused-ring (bicyclic) bond motifs is 1. The van der Waals surface area contributed by atoms with Gasteiger partial charge in [-0.15, -0.1) is 0 Å². The minimum absolute atomic E-state index is 0.215. The average Bonchev–Trinajstić information content (AvgIpc) is 2.74. The summed E-state index contributed by atoms with van der Waals surface area (Å²) in [6.07, 6.45) is 2.76. The third-order valence-corrected chi connectivity index (χ3v) is 2.07. The predicted molar refractivity (Wildman–Crippen MR) is 56.1 cm³/mol. The monoisotopic (exact) mass is 202 g/mol. The molecule has 0 unspecified atom stereocenters. The fraction of sp³-hybridized carbons (Fsp3) is 0.0909. The number of carbonyl (C=O) groups excluding carboxylic acids is 1. The van der Waals surface area contributed by atoms with Crippen LogP contribution in [0.3, 0.4) is 0 Å². The molecule has 15 heavy (non-hydrogen) atoms. The highest BCUT2D eigenvalue weighted by Crippen LogP contribution is 2.15. The van der Waals surface area contributed by atoms with Crippen molar-refractivity contribution in [1.29, 1.82) is 0 Å². The fourth-order valence-electron chi connectivity index (χ4n) is 1.35. The number of nitrogens with zero attached hydrogens (tertiary/aromatic N) is 1. The molecule has 0 aliphatic heterocycles. The van der Waals surface area contributed by atoms with Gasteiger partial charge in [0, 0.05) is 11.6 Å². The lowest BCUT2D eigenvalue weighted by Crippen LogP contribution is -2.00. The molecule has 0 saturated heterocycles. The zero-order valence-electron chi connectivity index (χ0n) is 8.06. The zero-order chi connectivity index (χ0) is 10.7. The van der Waals surface area contributed by atoms with Crippen LogP contribution >= 0.6 is 0 Å². The molecule has 0 aliphatic rings.